The molecule has 1 heterocycles. The van der Waals surface area contributed by atoms with Gasteiger partial charge >= 0.3 is 0 Å². The number of benzene rings is 2. The predicted octanol–water partition coefficient (Wildman–Crippen LogP) is 3.87. The molecule has 28 heavy (non-hydrogen) atoms. The zero-order valence-corrected chi connectivity index (χ0v) is 15.8. The van der Waals surface area contributed by atoms with Crippen LogP contribution in [0.2, 0.25) is 0 Å². The van der Waals surface area contributed by atoms with Crippen molar-refractivity contribution >= 4 is 22.7 Å². The smallest absolute Gasteiger partial charge is 0.267 e. The summed E-state index contributed by atoms with van der Waals surface area (Å²) in [6.07, 6.45) is 4.57. The van der Waals surface area contributed by atoms with Gasteiger partial charge in [0, 0.05) is 23.9 Å². The van der Waals surface area contributed by atoms with Crippen LogP contribution in [0.15, 0.2) is 54.6 Å². The molecule has 1 unspecified atom stereocenters. The van der Waals surface area contributed by atoms with E-state index >= 15 is 0 Å². The summed E-state index contributed by atoms with van der Waals surface area (Å²) in [6, 6.07) is 18.0. The Morgan fingerprint density at radius 1 is 1.04 bits per heavy atom. The molecule has 2 amide bonds. The molecule has 0 fully saturated rings. The van der Waals surface area contributed by atoms with Crippen LogP contribution in [0.25, 0.3) is 10.9 Å². The third-order valence-corrected chi connectivity index (χ3v) is 5.37. The van der Waals surface area contributed by atoms with E-state index in [1.54, 1.807) is 0 Å². The number of rotatable bonds is 5. The van der Waals surface area contributed by atoms with Crippen molar-refractivity contribution in [3.05, 3.63) is 71.4 Å². The normalized spacial score (nSPS) is 16.2. The molecule has 3 N–H and O–H groups in total. The lowest BCUT2D eigenvalue weighted by molar-refractivity contribution is -0.121. The first kappa shape index (κ1) is 18.3. The lowest BCUT2D eigenvalue weighted by Crippen LogP contribution is -2.33. The second kappa shape index (κ2) is 8.30. The van der Waals surface area contributed by atoms with Gasteiger partial charge in [-0.25, -0.2) is 0 Å². The molecule has 0 aliphatic heterocycles. The van der Waals surface area contributed by atoms with E-state index in [0.717, 1.165) is 36.6 Å². The molecule has 5 heteroatoms. The van der Waals surface area contributed by atoms with Gasteiger partial charge in [0.25, 0.3) is 5.91 Å². The highest BCUT2D eigenvalue weighted by atomic mass is 16.2. The van der Waals surface area contributed by atoms with Crippen molar-refractivity contribution in [1.82, 2.24) is 15.6 Å². The zero-order valence-electron chi connectivity index (χ0n) is 15.8. The van der Waals surface area contributed by atoms with Crippen LogP contribution in [-0.2, 0) is 11.2 Å². The van der Waals surface area contributed by atoms with E-state index in [-0.39, 0.29) is 24.3 Å². The zero-order chi connectivity index (χ0) is 19.3. The number of H-pyrrole nitrogens is 1. The van der Waals surface area contributed by atoms with Crippen LogP contribution in [0, 0.1) is 0 Å². The Morgan fingerprint density at radius 2 is 1.86 bits per heavy atom. The van der Waals surface area contributed by atoms with Gasteiger partial charge in [-0.05, 0) is 42.5 Å². The number of aromatic nitrogens is 1. The second-order valence-corrected chi connectivity index (χ2v) is 7.34. The van der Waals surface area contributed by atoms with Crippen LogP contribution in [0.5, 0.6) is 0 Å². The molecule has 0 bridgehead atoms. The monoisotopic (exact) mass is 375 g/mol. The van der Waals surface area contributed by atoms with E-state index in [0.29, 0.717) is 12.2 Å². The number of hydrogen-bond acceptors (Lipinski definition) is 2. The fraction of sp³-hybridized carbons (Fsp3) is 0.304. The molecular weight excluding hydrogens is 350 g/mol. The number of fused-ring (bicyclic) bond motifs is 2. The molecule has 0 spiro atoms. The minimum atomic E-state index is -0.191. The highest BCUT2D eigenvalue weighted by molar-refractivity contribution is 5.98. The van der Waals surface area contributed by atoms with Gasteiger partial charge in [-0.2, -0.15) is 0 Å². The fourth-order valence-electron chi connectivity index (χ4n) is 3.92. The molecule has 0 saturated heterocycles. The maximum Gasteiger partial charge on any atom is 0.267 e. The summed E-state index contributed by atoms with van der Waals surface area (Å²) in [5.41, 5.74) is 4.00. The molecule has 0 saturated carbocycles. The van der Waals surface area contributed by atoms with Gasteiger partial charge in [0.15, 0.2) is 0 Å². The van der Waals surface area contributed by atoms with Crippen molar-refractivity contribution in [3.8, 4) is 0 Å². The average molecular weight is 375 g/mol. The van der Waals surface area contributed by atoms with Gasteiger partial charge in [-0.1, -0.05) is 48.9 Å². The standard InChI is InChI=1S/C23H25N3O2/c27-22(26-20-12-6-2-8-16-7-1-4-10-18(16)20)13-14-24-23(28)21-15-17-9-3-5-11-19(17)25-21/h1,3-5,7,9-11,15,20,25H,2,6,8,12-14H2,(H,24,28)(H,26,27). The topological polar surface area (TPSA) is 74.0 Å². The molecule has 1 aromatic heterocycles. The van der Waals surface area contributed by atoms with Crippen LogP contribution >= 0.6 is 0 Å². The highest BCUT2D eigenvalue weighted by Crippen LogP contribution is 2.28. The Kier molecular flexibility index (Phi) is 5.42. The van der Waals surface area contributed by atoms with Crippen molar-refractivity contribution in [2.45, 2.75) is 38.1 Å². The number of amides is 2. The van der Waals surface area contributed by atoms with Crippen molar-refractivity contribution in [2.75, 3.05) is 6.54 Å². The maximum absolute atomic E-state index is 12.4. The van der Waals surface area contributed by atoms with E-state index < -0.39 is 0 Å². The minimum Gasteiger partial charge on any atom is -0.351 e. The first-order valence-corrected chi connectivity index (χ1v) is 9.94. The summed E-state index contributed by atoms with van der Waals surface area (Å²) in [5, 5.41) is 6.98. The predicted molar refractivity (Wildman–Crippen MR) is 110 cm³/mol. The van der Waals surface area contributed by atoms with E-state index in [9.17, 15) is 9.59 Å². The Bertz CT molecular complexity index is 959. The lowest BCUT2D eigenvalue weighted by atomic mass is 9.99. The number of hydrogen-bond donors (Lipinski definition) is 3. The third kappa shape index (κ3) is 4.09. The summed E-state index contributed by atoms with van der Waals surface area (Å²) in [5.74, 6) is -0.220. The Hall–Kier alpha value is -3.08. The van der Waals surface area contributed by atoms with Crippen molar-refractivity contribution in [2.24, 2.45) is 0 Å². The summed E-state index contributed by atoms with van der Waals surface area (Å²) in [6.45, 7) is 0.314. The van der Waals surface area contributed by atoms with E-state index in [4.69, 9.17) is 0 Å². The van der Waals surface area contributed by atoms with Gasteiger partial charge in [-0.15, -0.1) is 0 Å². The van der Waals surface area contributed by atoms with Crippen LogP contribution in [0.3, 0.4) is 0 Å². The van der Waals surface area contributed by atoms with Gasteiger partial charge in [0.05, 0.1) is 6.04 Å². The highest BCUT2D eigenvalue weighted by Gasteiger charge is 2.20. The molecule has 144 valence electrons. The van der Waals surface area contributed by atoms with E-state index in [1.165, 1.54) is 11.1 Å². The Morgan fingerprint density at radius 3 is 2.75 bits per heavy atom. The van der Waals surface area contributed by atoms with Crippen LogP contribution in [-0.4, -0.2) is 23.3 Å². The number of carbonyl (C=O) groups is 2. The second-order valence-electron chi connectivity index (χ2n) is 7.34. The van der Waals surface area contributed by atoms with Crippen molar-refractivity contribution in [3.63, 3.8) is 0 Å². The van der Waals surface area contributed by atoms with Gasteiger partial charge in [-0.3, -0.25) is 9.59 Å². The molecule has 0 radical (unpaired) electrons. The van der Waals surface area contributed by atoms with E-state index in [1.807, 2.05) is 36.4 Å². The fourth-order valence-corrected chi connectivity index (χ4v) is 3.92. The molecule has 3 aromatic rings. The van der Waals surface area contributed by atoms with Gasteiger partial charge in [0.1, 0.15) is 5.69 Å². The number of carbonyl (C=O) groups excluding carboxylic acids is 2. The first-order chi connectivity index (χ1) is 13.7. The van der Waals surface area contributed by atoms with Gasteiger partial charge in [0.2, 0.25) is 5.91 Å². The number of aromatic amines is 1. The van der Waals surface area contributed by atoms with Crippen LogP contribution in [0.1, 0.15) is 53.3 Å². The molecule has 1 aliphatic carbocycles. The van der Waals surface area contributed by atoms with Crippen LogP contribution < -0.4 is 10.6 Å². The largest absolute Gasteiger partial charge is 0.351 e. The SMILES string of the molecule is O=C(CCNC(=O)c1cc2ccccc2[nH]1)NC1CCCCc2ccccc21. The molecule has 2 aromatic carbocycles. The third-order valence-electron chi connectivity index (χ3n) is 5.37. The first-order valence-electron chi connectivity index (χ1n) is 9.94. The summed E-state index contributed by atoms with van der Waals surface area (Å²) >= 11 is 0. The average Bonchev–Trinajstić information content (AvgIpc) is 3.05. The lowest BCUT2D eigenvalue weighted by Gasteiger charge is -2.19. The molecular formula is C23H25N3O2. The van der Waals surface area contributed by atoms with E-state index in [2.05, 4.69) is 33.8 Å². The summed E-state index contributed by atoms with van der Waals surface area (Å²) in [4.78, 5) is 27.8. The summed E-state index contributed by atoms with van der Waals surface area (Å²) in [7, 11) is 0. The number of aryl methyl sites for hydroxylation is 1. The molecule has 1 aliphatic rings. The van der Waals surface area contributed by atoms with Crippen molar-refractivity contribution < 1.29 is 9.59 Å². The van der Waals surface area contributed by atoms with Gasteiger partial charge < -0.3 is 15.6 Å². The summed E-state index contributed by atoms with van der Waals surface area (Å²) < 4.78 is 0. The van der Waals surface area contributed by atoms with Crippen molar-refractivity contribution in [1.29, 1.82) is 0 Å². The van der Waals surface area contributed by atoms with Crippen LogP contribution in [0.4, 0.5) is 0 Å². The quantitative estimate of drug-likeness (QED) is 0.592. The molecule has 5 nitrogen and oxygen atoms in total. The minimum absolute atomic E-state index is 0.0290. The molecule has 4 rings (SSSR count). The Balaban J connectivity index is 1.30. The molecule has 1 atom stereocenters. The number of nitrogens with one attached hydrogen (secondary N) is 3. The Labute approximate surface area is 164 Å². The number of para-hydroxylation sites is 1. The maximum atomic E-state index is 12.4.